The number of amides is 1. The van der Waals surface area contributed by atoms with E-state index in [9.17, 15) is 34.2 Å². The number of Topliss-reactive ketones (excluding diaryl/α,β-unsaturated/α-hetero) is 4. The molecule has 11 nitrogen and oxygen atoms in total. The quantitative estimate of drug-likeness (QED) is 0.361. The van der Waals surface area contributed by atoms with E-state index in [1.807, 2.05) is 0 Å². The second-order valence-corrected chi connectivity index (χ2v) is 10.1. The van der Waals surface area contributed by atoms with Crippen molar-refractivity contribution in [2.75, 3.05) is 33.1 Å². The van der Waals surface area contributed by atoms with Crippen molar-refractivity contribution < 1.29 is 34.2 Å². The molecule has 1 amide bonds. The van der Waals surface area contributed by atoms with Gasteiger partial charge in [-0.25, -0.2) is 0 Å². The molecule has 188 valence electrons. The Kier molecular flexibility index (Phi) is 5.86. The normalized spacial score (nSPS) is 32.3. The van der Waals surface area contributed by atoms with Crippen molar-refractivity contribution in [1.29, 1.82) is 0 Å². The van der Waals surface area contributed by atoms with Gasteiger partial charge in [0.1, 0.15) is 5.75 Å². The number of carbonyl (C=O) groups is 5. The summed E-state index contributed by atoms with van der Waals surface area (Å²) in [6.07, 6.45) is 0.216. The van der Waals surface area contributed by atoms with Gasteiger partial charge >= 0.3 is 0 Å². The van der Waals surface area contributed by atoms with Crippen molar-refractivity contribution in [3.05, 3.63) is 22.8 Å². The summed E-state index contributed by atoms with van der Waals surface area (Å²) >= 11 is 0. The first-order valence-corrected chi connectivity index (χ1v) is 11.4. The average Bonchev–Trinajstić information content (AvgIpc) is 2.75. The van der Waals surface area contributed by atoms with Crippen LogP contribution in [0.4, 0.5) is 5.69 Å². The number of benzene rings is 1. The van der Waals surface area contributed by atoms with Crippen LogP contribution in [0.5, 0.6) is 5.75 Å². The zero-order valence-corrected chi connectivity index (χ0v) is 20.1. The Bertz CT molecular complexity index is 1180. The van der Waals surface area contributed by atoms with Crippen LogP contribution >= 0.6 is 0 Å². The number of aromatic hydroxyl groups is 1. The van der Waals surface area contributed by atoms with Gasteiger partial charge in [-0.1, -0.05) is 0 Å². The SMILES string of the molecule is CN(C)c1cc(CN)c(O)c2c1C[C@@H]1C[C@@H]3[C@@H](N(C)C)C(=O)C(C(N)=O)C(=O)[C@]3(O)C(=O)C1C2=O. The number of nitrogens with zero attached hydrogens (tertiary/aromatic N) is 2. The summed E-state index contributed by atoms with van der Waals surface area (Å²) in [5.74, 6) is -10.6. The molecule has 0 saturated heterocycles. The summed E-state index contributed by atoms with van der Waals surface area (Å²) in [5.41, 5.74) is 9.81. The Morgan fingerprint density at radius 3 is 2.29 bits per heavy atom. The second kappa shape index (κ2) is 8.21. The van der Waals surface area contributed by atoms with Gasteiger partial charge in [-0.2, -0.15) is 0 Å². The number of carbonyl (C=O) groups excluding carboxylic acids is 5. The van der Waals surface area contributed by atoms with Crippen molar-refractivity contribution in [2.24, 2.45) is 35.1 Å². The molecule has 1 aromatic rings. The molecule has 11 heteroatoms. The minimum Gasteiger partial charge on any atom is -0.507 e. The number of phenols is 1. The van der Waals surface area contributed by atoms with E-state index in [-0.39, 0.29) is 30.7 Å². The molecule has 3 aliphatic rings. The summed E-state index contributed by atoms with van der Waals surface area (Å²) < 4.78 is 0. The summed E-state index contributed by atoms with van der Waals surface area (Å²) in [4.78, 5) is 69.1. The zero-order valence-electron chi connectivity index (χ0n) is 20.1. The van der Waals surface area contributed by atoms with E-state index in [0.717, 1.165) is 0 Å². The molecule has 6 atom stereocenters. The molecule has 1 aromatic carbocycles. The highest BCUT2D eigenvalue weighted by Crippen LogP contribution is 2.52. The fraction of sp³-hybridized carbons (Fsp3) is 0.542. The average molecular weight is 487 g/mol. The number of nitrogens with two attached hydrogens (primary N) is 2. The first-order valence-electron chi connectivity index (χ1n) is 11.4. The number of likely N-dealkylation sites (N-methyl/N-ethyl adjacent to an activating group) is 1. The zero-order chi connectivity index (χ0) is 26.1. The smallest absolute Gasteiger partial charge is 0.235 e. The van der Waals surface area contributed by atoms with Crippen molar-refractivity contribution in [2.45, 2.75) is 31.0 Å². The van der Waals surface area contributed by atoms with Crippen molar-refractivity contribution in [3.63, 3.8) is 0 Å². The molecule has 0 spiro atoms. The Morgan fingerprint density at radius 2 is 1.77 bits per heavy atom. The number of rotatable bonds is 4. The van der Waals surface area contributed by atoms with Crippen LogP contribution in [0, 0.1) is 23.7 Å². The molecule has 2 saturated carbocycles. The number of fused-ring (bicyclic) bond motifs is 3. The minimum absolute atomic E-state index is 0.0101. The van der Waals surface area contributed by atoms with Gasteiger partial charge < -0.3 is 26.6 Å². The lowest BCUT2D eigenvalue weighted by molar-refractivity contribution is -0.181. The van der Waals surface area contributed by atoms with E-state index in [1.165, 1.54) is 4.90 Å². The van der Waals surface area contributed by atoms with Crippen LogP contribution in [0.1, 0.15) is 27.9 Å². The van der Waals surface area contributed by atoms with E-state index in [4.69, 9.17) is 11.5 Å². The van der Waals surface area contributed by atoms with E-state index in [1.54, 1.807) is 39.2 Å². The third-order valence-electron chi connectivity index (χ3n) is 7.82. The van der Waals surface area contributed by atoms with Crippen LogP contribution in [0.25, 0.3) is 0 Å². The largest absolute Gasteiger partial charge is 0.507 e. The predicted molar refractivity (Wildman–Crippen MR) is 124 cm³/mol. The number of phenolic OH excluding ortho intramolecular Hbond substituents is 1. The van der Waals surface area contributed by atoms with Gasteiger partial charge in [0.15, 0.2) is 34.7 Å². The van der Waals surface area contributed by atoms with Crippen LogP contribution in [0.15, 0.2) is 6.07 Å². The maximum absolute atomic E-state index is 13.8. The Hall–Kier alpha value is -3.15. The lowest BCUT2D eigenvalue weighted by Crippen LogP contribution is -2.74. The Morgan fingerprint density at radius 1 is 1.14 bits per heavy atom. The minimum atomic E-state index is -2.73. The molecule has 0 aliphatic heterocycles. The summed E-state index contributed by atoms with van der Waals surface area (Å²) in [6.45, 7) is -0.0489. The van der Waals surface area contributed by atoms with Crippen LogP contribution in [-0.2, 0) is 32.1 Å². The Labute approximate surface area is 202 Å². The lowest BCUT2D eigenvalue weighted by atomic mass is 9.52. The first-order chi connectivity index (χ1) is 16.3. The van der Waals surface area contributed by atoms with Crippen LogP contribution in [0.3, 0.4) is 0 Å². The van der Waals surface area contributed by atoms with Gasteiger partial charge in [0.05, 0.1) is 17.5 Å². The highest BCUT2D eigenvalue weighted by Gasteiger charge is 2.69. The molecular weight excluding hydrogens is 456 g/mol. The van der Waals surface area contributed by atoms with E-state index < -0.39 is 64.4 Å². The molecule has 0 radical (unpaired) electrons. The number of aliphatic hydroxyl groups is 1. The molecular formula is C24H30N4O7. The van der Waals surface area contributed by atoms with Crippen molar-refractivity contribution in [1.82, 2.24) is 4.90 Å². The molecule has 4 rings (SSSR count). The monoisotopic (exact) mass is 486 g/mol. The summed E-state index contributed by atoms with van der Waals surface area (Å²) in [6, 6.07) is 0.564. The molecule has 2 unspecified atom stereocenters. The fourth-order valence-corrected chi connectivity index (χ4v) is 6.26. The number of hydrogen-bond donors (Lipinski definition) is 4. The van der Waals surface area contributed by atoms with Gasteiger partial charge in [-0.15, -0.1) is 0 Å². The van der Waals surface area contributed by atoms with Gasteiger partial charge in [0.2, 0.25) is 5.91 Å². The third-order valence-corrected chi connectivity index (χ3v) is 7.82. The maximum atomic E-state index is 13.8. The molecule has 3 aliphatic carbocycles. The standard InChI is InChI=1S/C24H30N4O7/c1-27(2)13-7-10(8-25)18(29)15-11(13)5-9-6-12-17(28(3)4)20(31)16(23(26)34)22(33)24(12,35)21(32)14(9)19(15)30/h7,9,12,14,16-17,29,35H,5-6,8,25H2,1-4H3,(H2,26,34)/t9-,12-,14?,16?,17-,24-/m1/s1. The Balaban J connectivity index is 1.91. The summed E-state index contributed by atoms with van der Waals surface area (Å²) in [5, 5.41) is 22.4. The maximum Gasteiger partial charge on any atom is 0.235 e. The number of ketones is 4. The molecule has 0 bridgehead atoms. The van der Waals surface area contributed by atoms with Gasteiger partial charge in [-0.05, 0) is 44.5 Å². The van der Waals surface area contributed by atoms with Gasteiger partial charge in [0, 0.05) is 37.8 Å². The van der Waals surface area contributed by atoms with Crippen LogP contribution < -0.4 is 16.4 Å². The summed E-state index contributed by atoms with van der Waals surface area (Å²) in [7, 11) is 6.65. The lowest BCUT2D eigenvalue weighted by Gasteiger charge is -2.52. The van der Waals surface area contributed by atoms with Gasteiger partial charge in [-0.3, -0.25) is 28.9 Å². The number of anilines is 1. The van der Waals surface area contributed by atoms with E-state index in [0.29, 0.717) is 16.8 Å². The molecule has 35 heavy (non-hydrogen) atoms. The highest BCUT2D eigenvalue weighted by molar-refractivity contribution is 6.32. The second-order valence-electron chi connectivity index (χ2n) is 10.1. The topological polar surface area (TPSA) is 184 Å². The molecule has 0 aromatic heterocycles. The van der Waals surface area contributed by atoms with E-state index >= 15 is 0 Å². The molecule has 2 fully saturated rings. The number of hydrogen-bond acceptors (Lipinski definition) is 10. The first kappa shape index (κ1) is 25.0. The third kappa shape index (κ3) is 3.25. The molecule has 0 heterocycles. The van der Waals surface area contributed by atoms with Crippen molar-refractivity contribution in [3.8, 4) is 5.75 Å². The highest BCUT2D eigenvalue weighted by atomic mass is 16.3. The van der Waals surface area contributed by atoms with Crippen molar-refractivity contribution >= 4 is 34.7 Å². The predicted octanol–water partition coefficient (Wildman–Crippen LogP) is -1.61. The molecule has 6 N–H and O–H groups in total. The van der Waals surface area contributed by atoms with Gasteiger partial charge in [0.25, 0.3) is 0 Å². The van der Waals surface area contributed by atoms with E-state index in [2.05, 4.69) is 0 Å². The number of primary amides is 1. The fourth-order valence-electron chi connectivity index (χ4n) is 6.26. The van der Waals surface area contributed by atoms with Crippen LogP contribution in [0.2, 0.25) is 0 Å². The van der Waals surface area contributed by atoms with Crippen LogP contribution in [-0.4, -0.2) is 84.0 Å².